The van der Waals surface area contributed by atoms with Gasteiger partial charge >= 0.3 is 5.97 Å². The first-order chi connectivity index (χ1) is 26.5. The Hall–Kier alpha value is -1.87. The number of aliphatic hydroxyl groups is 4. The molecule has 0 aromatic rings. The van der Waals surface area contributed by atoms with Crippen LogP contribution in [0.3, 0.4) is 0 Å². The number of ether oxygens (including phenoxy) is 8. The lowest BCUT2D eigenvalue weighted by molar-refractivity contribution is -0.305. The van der Waals surface area contributed by atoms with Crippen LogP contribution in [0.25, 0.3) is 0 Å². The molecule has 4 heterocycles. The maximum Gasteiger partial charge on any atom is 0.308 e. The van der Waals surface area contributed by atoms with Crippen LogP contribution in [0.4, 0.5) is 0 Å². The van der Waals surface area contributed by atoms with Crippen LogP contribution in [0.5, 0.6) is 0 Å². The van der Waals surface area contributed by atoms with E-state index < -0.39 is 122 Å². The Kier molecular flexibility index (Phi) is 17.1. The molecular formula is C39H68N2O15. The predicted octanol–water partition coefficient (Wildman–Crippen LogP) is 1.26. The van der Waals surface area contributed by atoms with Gasteiger partial charge in [0.15, 0.2) is 12.6 Å². The quantitative estimate of drug-likeness (QED) is 0.0651. The van der Waals surface area contributed by atoms with E-state index in [1.807, 2.05) is 20.8 Å². The predicted molar refractivity (Wildman–Crippen MR) is 200 cm³/mol. The first kappa shape index (κ1) is 46.8. The Morgan fingerprint density at radius 3 is 2.18 bits per heavy atom. The standard InChI is InChI=1S/C39H68N2O15/c1-11-27-24(18-51-38-35(50-10)34(49-9)31(46)22(5)53-38)36-39(6,56-36)14-12-25(40-48)19(2)16-23(13-15-42)33(20(3)26(43)17-28(44)54-27)55-37-32(47)29(41(7)8)30(45)21(4)52-37/h15,19-24,26-27,29-38,43,45-48H,11-14,16-18H2,1-10H3/b40-25+/t19-,20+,21-,22-,23+,24-,26-,27-,29+,30-,31-,32-,33-,34-,35-,36-,37+,38-,39-/m1/s1. The molecule has 4 saturated heterocycles. The largest absolute Gasteiger partial charge is 0.462 e. The molecule has 56 heavy (non-hydrogen) atoms. The third kappa shape index (κ3) is 10.6. The molecule has 0 aromatic carbocycles. The summed E-state index contributed by atoms with van der Waals surface area (Å²) in [6.07, 6.45) is -9.75. The van der Waals surface area contributed by atoms with Crippen LogP contribution in [-0.4, -0.2) is 175 Å². The van der Waals surface area contributed by atoms with E-state index in [2.05, 4.69) is 5.16 Å². The Morgan fingerprint density at radius 1 is 0.946 bits per heavy atom. The molecule has 4 aliphatic heterocycles. The number of aliphatic hydroxyl groups excluding tert-OH is 4. The van der Waals surface area contributed by atoms with Crippen molar-refractivity contribution in [3.05, 3.63) is 0 Å². The molecule has 4 aliphatic rings. The smallest absolute Gasteiger partial charge is 0.308 e. The highest BCUT2D eigenvalue weighted by Gasteiger charge is 2.58. The van der Waals surface area contributed by atoms with Crippen LogP contribution >= 0.6 is 0 Å². The molecule has 4 rings (SSSR count). The number of hydrogen-bond donors (Lipinski definition) is 5. The molecule has 0 unspecified atom stereocenters. The van der Waals surface area contributed by atoms with Gasteiger partial charge in [-0.15, -0.1) is 0 Å². The summed E-state index contributed by atoms with van der Waals surface area (Å²) in [5.41, 5.74) is -0.218. The first-order valence-corrected chi connectivity index (χ1v) is 20.0. The second-order valence-electron chi connectivity index (χ2n) is 16.7. The first-order valence-electron chi connectivity index (χ1n) is 20.0. The molecule has 19 atom stereocenters. The topological polar surface area (TPSA) is 228 Å². The number of likely N-dealkylation sites (N-methyl/N-ethyl adjacent to an activating group) is 1. The van der Waals surface area contributed by atoms with Gasteiger partial charge in [-0.3, -0.25) is 4.79 Å². The van der Waals surface area contributed by atoms with E-state index >= 15 is 0 Å². The number of aldehydes is 1. The lowest BCUT2D eigenvalue weighted by atomic mass is 9.78. The normalized spacial score (nSPS) is 46.6. The minimum absolute atomic E-state index is 0.00726. The third-order valence-corrected chi connectivity index (χ3v) is 12.5. The average molecular weight is 805 g/mol. The summed E-state index contributed by atoms with van der Waals surface area (Å²) in [7, 11) is 6.40. The lowest BCUT2D eigenvalue weighted by Gasteiger charge is -2.46. The molecule has 0 aromatic heterocycles. The Bertz CT molecular complexity index is 1290. The molecule has 0 amide bonds. The van der Waals surface area contributed by atoms with Crippen molar-refractivity contribution >= 4 is 18.0 Å². The van der Waals surface area contributed by atoms with E-state index in [1.165, 1.54) is 14.2 Å². The minimum Gasteiger partial charge on any atom is -0.462 e. The number of esters is 1. The van der Waals surface area contributed by atoms with Gasteiger partial charge in [0, 0.05) is 32.5 Å². The van der Waals surface area contributed by atoms with Crippen molar-refractivity contribution in [2.24, 2.45) is 28.8 Å². The highest BCUT2D eigenvalue weighted by Crippen LogP contribution is 2.48. The van der Waals surface area contributed by atoms with Crippen molar-refractivity contribution in [3.8, 4) is 0 Å². The third-order valence-electron chi connectivity index (χ3n) is 12.5. The van der Waals surface area contributed by atoms with Crippen molar-refractivity contribution in [3.63, 3.8) is 0 Å². The fraction of sp³-hybridized carbons (Fsp3) is 0.923. The van der Waals surface area contributed by atoms with Gasteiger partial charge in [-0.25, -0.2) is 0 Å². The Balaban J connectivity index is 1.64. The van der Waals surface area contributed by atoms with Crippen LogP contribution < -0.4 is 0 Å². The molecule has 324 valence electrons. The molecule has 17 heteroatoms. The van der Waals surface area contributed by atoms with Gasteiger partial charge in [0.05, 0.1) is 67.0 Å². The van der Waals surface area contributed by atoms with Gasteiger partial charge in [-0.05, 0) is 72.4 Å². The molecule has 5 N–H and O–H groups in total. The van der Waals surface area contributed by atoms with Crippen LogP contribution in [0.1, 0.15) is 80.1 Å². The van der Waals surface area contributed by atoms with Crippen LogP contribution in [-0.2, 0) is 47.5 Å². The monoisotopic (exact) mass is 804 g/mol. The van der Waals surface area contributed by atoms with E-state index in [9.17, 15) is 35.2 Å². The summed E-state index contributed by atoms with van der Waals surface area (Å²) in [6.45, 7) is 10.8. The second-order valence-corrected chi connectivity index (χ2v) is 16.7. The number of epoxide rings is 1. The summed E-state index contributed by atoms with van der Waals surface area (Å²) in [4.78, 5) is 27.6. The molecule has 0 spiro atoms. The van der Waals surface area contributed by atoms with E-state index in [4.69, 9.17) is 37.9 Å². The zero-order valence-electron chi connectivity index (χ0n) is 34.6. The fourth-order valence-electron chi connectivity index (χ4n) is 8.90. The SMILES string of the molecule is CC[C@H]1OC(=O)C[C@@H](O)[C@H](C)[C@@H](O[C@@H]2O[C@H](C)[C@@H](O)[C@H](N(C)C)[C@H]2O)[C@@H](CC=O)C[C@@H](C)/C(=N/O)CC[C@@]2(C)O[C@@H]2[C@@H]1CO[C@@H]1O[C@H](C)[C@@H](O)[C@@H](OC)[C@H]1OC. The number of methoxy groups -OCH3 is 2. The van der Waals surface area contributed by atoms with E-state index in [1.54, 1.807) is 39.8 Å². The van der Waals surface area contributed by atoms with E-state index in [-0.39, 0.29) is 18.9 Å². The number of carbonyl (C=O) groups excluding carboxylic acids is 2. The number of nitrogens with zero attached hydrogens (tertiary/aromatic N) is 2. The highest BCUT2D eigenvalue weighted by molar-refractivity contribution is 5.86. The van der Waals surface area contributed by atoms with Gasteiger partial charge in [0.25, 0.3) is 0 Å². The number of cyclic esters (lactones) is 1. The maximum atomic E-state index is 13.7. The average Bonchev–Trinajstić information content (AvgIpc) is 3.82. The number of fused-ring (bicyclic) bond motifs is 1. The summed E-state index contributed by atoms with van der Waals surface area (Å²) in [6, 6.07) is -0.735. The van der Waals surface area contributed by atoms with Gasteiger partial charge in [-0.2, -0.15) is 0 Å². The summed E-state index contributed by atoms with van der Waals surface area (Å²) in [5, 5.41) is 58.4. The van der Waals surface area contributed by atoms with Crippen molar-refractivity contribution in [2.75, 3.05) is 34.9 Å². The van der Waals surface area contributed by atoms with E-state index in [0.717, 1.165) is 6.29 Å². The zero-order chi connectivity index (χ0) is 41.6. The fourth-order valence-corrected chi connectivity index (χ4v) is 8.90. The minimum atomic E-state index is -1.31. The molecule has 0 saturated carbocycles. The zero-order valence-corrected chi connectivity index (χ0v) is 34.6. The molecule has 0 bridgehead atoms. The highest BCUT2D eigenvalue weighted by atomic mass is 16.7. The van der Waals surface area contributed by atoms with Gasteiger partial charge in [0.1, 0.15) is 36.8 Å². The summed E-state index contributed by atoms with van der Waals surface area (Å²) < 4.78 is 48.4. The summed E-state index contributed by atoms with van der Waals surface area (Å²) in [5.74, 6) is -2.86. The van der Waals surface area contributed by atoms with Crippen molar-refractivity contribution in [1.29, 1.82) is 0 Å². The second kappa shape index (κ2) is 20.4. The molecular weight excluding hydrogens is 736 g/mol. The van der Waals surface area contributed by atoms with Crippen molar-refractivity contribution < 1.29 is 73.1 Å². The summed E-state index contributed by atoms with van der Waals surface area (Å²) >= 11 is 0. The van der Waals surface area contributed by atoms with Gasteiger partial charge in [-0.1, -0.05) is 25.9 Å². The Morgan fingerprint density at radius 2 is 1.59 bits per heavy atom. The van der Waals surface area contributed by atoms with Crippen LogP contribution in [0.2, 0.25) is 0 Å². The van der Waals surface area contributed by atoms with Gasteiger partial charge < -0.3 is 73.2 Å². The molecule has 17 nitrogen and oxygen atoms in total. The molecule has 4 fully saturated rings. The number of hydrogen-bond acceptors (Lipinski definition) is 17. The van der Waals surface area contributed by atoms with Crippen molar-refractivity contribution in [2.45, 2.75) is 171 Å². The van der Waals surface area contributed by atoms with Gasteiger partial charge in [0.2, 0.25) is 0 Å². The van der Waals surface area contributed by atoms with Crippen LogP contribution in [0, 0.1) is 23.7 Å². The van der Waals surface area contributed by atoms with Crippen LogP contribution in [0.15, 0.2) is 5.16 Å². The number of rotatable bonds is 11. The lowest BCUT2D eigenvalue weighted by Crippen LogP contribution is -2.63. The number of carbonyl (C=O) groups is 2. The Labute approximate surface area is 330 Å². The number of oxime groups is 1. The maximum absolute atomic E-state index is 13.7. The van der Waals surface area contributed by atoms with Crippen molar-refractivity contribution in [1.82, 2.24) is 4.90 Å². The van der Waals surface area contributed by atoms with E-state index in [0.29, 0.717) is 31.4 Å². The molecule has 0 aliphatic carbocycles. The molecule has 0 radical (unpaired) electrons.